The second-order valence-corrected chi connectivity index (χ2v) is 4.80. The van der Waals surface area contributed by atoms with Gasteiger partial charge >= 0.3 is 6.03 Å². The smallest absolute Gasteiger partial charge is 0.323 e. The molecule has 2 amide bonds. The normalized spacial score (nSPS) is 10.4. The lowest BCUT2D eigenvalue weighted by atomic mass is 10.1. The number of amides is 2. The van der Waals surface area contributed by atoms with Gasteiger partial charge in [0.05, 0.1) is 5.69 Å². The summed E-state index contributed by atoms with van der Waals surface area (Å²) < 4.78 is 13.1. The van der Waals surface area contributed by atoms with E-state index in [9.17, 15) is 14.3 Å². The van der Waals surface area contributed by atoms with Gasteiger partial charge in [0.15, 0.2) is 0 Å². The molecule has 0 radical (unpaired) electrons. The molecule has 0 aliphatic heterocycles. The van der Waals surface area contributed by atoms with Gasteiger partial charge in [-0.1, -0.05) is 24.3 Å². The van der Waals surface area contributed by atoms with Gasteiger partial charge in [-0.25, -0.2) is 9.18 Å². The summed E-state index contributed by atoms with van der Waals surface area (Å²) in [5, 5.41) is 16.4. The minimum absolute atomic E-state index is 0.118. The zero-order chi connectivity index (χ0) is 15.5. The molecule has 3 rings (SSSR count). The van der Waals surface area contributed by atoms with Gasteiger partial charge in [-0.05, 0) is 41.8 Å². The third-order valence-electron chi connectivity index (χ3n) is 3.20. The Balaban J connectivity index is 1.83. The van der Waals surface area contributed by atoms with Crippen molar-refractivity contribution in [2.75, 3.05) is 10.6 Å². The maximum absolute atomic E-state index is 13.1. The van der Waals surface area contributed by atoms with Crippen LogP contribution >= 0.6 is 0 Å². The molecule has 3 aromatic rings. The molecule has 0 saturated carbocycles. The molecule has 110 valence electrons. The van der Waals surface area contributed by atoms with Crippen LogP contribution in [-0.2, 0) is 0 Å². The Morgan fingerprint density at radius 2 is 1.77 bits per heavy atom. The van der Waals surface area contributed by atoms with Crippen molar-refractivity contribution in [3.8, 4) is 5.75 Å². The van der Waals surface area contributed by atoms with Crippen molar-refractivity contribution in [1.29, 1.82) is 0 Å². The average Bonchev–Trinajstić information content (AvgIpc) is 2.48. The molecule has 0 spiro atoms. The molecule has 3 N–H and O–H groups in total. The standard InChI is InChI=1S/C17H13FN2O2/c18-12-4-2-5-13(9-12)19-17(22)20-16-6-1-3-11-7-8-14(21)10-15(11)16/h1-10,21H,(H2,19,20,22). The summed E-state index contributed by atoms with van der Waals surface area (Å²) in [6, 6.07) is 15.5. The van der Waals surface area contributed by atoms with Crippen molar-refractivity contribution >= 4 is 28.2 Å². The average molecular weight is 296 g/mol. The predicted molar refractivity (Wildman–Crippen MR) is 84.7 cm³/mol. The number of phenolic OH excluding ortho intramolecular Hbond substituents is 1. The van der Waals surface area contributed by atoms with Crippen LogP contribution in [0.3, 0.4) is 0 Å². The number of rotatable bonds is 2. The number of hydrogen-bond acceptors (Lipinski definition) is 2. The number of urea groups is 1. The van der Waals surface area contributed by atoms with Crippen LogP contribution < -0.4 is 10.6 Å². The molecular formula is C17H13FN2O2. The van der Waals surface area contributed by atoms with Crippen molar-refractivity contribution in [3.63, 3.8) is 0 Å². The largest absolute Gasteiger partial charge is 0.508 e. The first kappa shape index (κ1) is 13.9. The number of halogens is 1. The first-order chi connectivity index (χ1) is 10.6. The predicted octanol–water partition coefficient (Wildman–Crippen LogP) is 4.33. The molecule has 0 unspecified atom stereocenters. The fourth-order valence-corrected chi connectivity index (χ4v) is 2.22. The highest BCUT2D eigenvalue weighted by atomic mass is 19.1. The second kappa shape index (κ2) is 5.73. The molecule has 3 aromatic carbocycles. The van der Waals surface area contributed by atoms with E-state index in [2.05, 4.69) is 10.6 Å². The summed E-state index contributed by atoms with van der Waals surface area (Å²) in [7, 11) is 0. The number of carbonyl (C=O) groups excluding carboxylic acids is 1. The van der Waals surface area contributed by atoms with Crippen LogP contribution in [0, 0.1) is 5.82 Å². The lowest BCUT2D eigenvalue weighted by Gasteiger charge is -2.10. The number of phenols is 1. The zero-order valence-electron chi connectivity index (χ0n) is 11.5. The van der Waals surface area contributed by atoms with Gasteiger partial charge in [0.1, 0.15) is 11.6 Å². The molecule has 0 aliphatic carbocycles. The van der Waals surface area contributed by atoms with Gasteiger partial charge in [-0.2, -0.15) is 0 Å². The van der Waals surface area contributed by atoms with Crippen LogP contribution in [0.4, 0.5) is 20.6 Å². The van der Waals surface area contributed by atoms with Crippen LogP contribution in [0.15, 0.2) is 60.7 Å². The Bertz CT molecular complexity index is 849. The van der Waals surface area contributed by atoms with E-state index in [-0.39, 0.29) is 5.75 Å². The number of fused-ring (bicyclic) bond motifs is 1. The van der Waals surface area contributed by atoms with E-state index in [1.807, 2.05) is 6.07 Å². The van der Waals surface area contributed by atoms with Gasteiger partial charge in [0, 0.05) is 11.1 Å². The number of anilines is 2. The fraction of sp³-hybridized carbons (Fsp3) is 0. The first-order valence-electron chi connectivity index (χ1n) is 6.67. The van der Waals surface area contributed by atoms with E-state index < -0.39 is 11.8 Å². The molecule has 0 aliphatic rings. The van der Waals surface area contributed by atoms with Crippen LogP contribution in [0.5, 0.6) is 5.75 Å². The highest BCUT2D eigenvalue weighted by Gasteiger charge is 2.07. The zero-order valence-corrected chi connectivity index (χ0v) is 11.5. The quantitative estimate of drug-likeness (QED) is 0.659. The van der Waals surface area contributed by atoms with E-state index >= 15 is 0 Å². The third-order valence-corrected chi connectivity index (χ3v) is 3.20. The molecule has 22 heavy (non-hydrogen) atoms. The Kier molecular flexibility index (Phi) is 3.62. The number of carbonyl (C=O) groups is 1. The molecule has 0 saturated heterocycles. The minimum atomic E-state index is -0.485. The van der Waals surface area contributed by atoms with Gasteiger partial charge < -0.3 is 15.7 Å². The second-order valence-electron chi connectivity index (χ2n) is 4.80. The van der Waals surface area contributed by atoms with E-state index in [1.165, 1.54) is 18.2 Å². The SMILES string of the molecule is O=C(Nc1cccc(F)c1)Nc1cccc2ccc(O)cc12. The van der Waals surface area contributed by atoms with E-state index in [0.717, 1.165) is 10.8 Å². The summed E-state index contributed by atoms with van der Waals surface area (Å²) in [4.78, 5) is 12.0. The molecule has 4 nitrogen and oxygen atoms in total. The van der Waals surface area contributed by atoms with Gasteiger partial charge in [0.2, 0.25) is 0 Å². The maximum Gasteiger partial charge on any atom is 0.323 e. The lowest BCUT2D eigenvalue weighted by molar-refractivity contribution is 0.262. The Hall–Kier alpha value is -3.08. The van der Waals surface area contributed by atoms with E-state index in [1.54, 1.807) is 36.4 Å². The maximum atomic E-state index is 13.1. The Morgan fingerprint density at radius 3 is 2.59 bits per heavy atom. The molecule has 0 atom stereocenters. The van der Waals surface area contributed by atoms with Crippen molar-refractivity contribution in [2.45, 2.75) is 0 Å². The van der Waals surface area contributed by atoms with Crippen molar-refractivity contribution < 1.29 is 14.3 Å². The fourth-order valence-electron chi connectivity index (χ4n) is 2.22. The summed E-state index contributed by atoms with van der Waals surface area (Å²) in [6.45, 7) is 0. The molecule has 0 bridgehead atoms. The van der Waals surface area contributed by atoms with Crippen molar-refractivity contribution in [2.24, 2.45) is 0 Å². The highest BCUT2D eigenvalue weighted by molar-refractivity contribution is 6.06. The highest BCUT2D eigenvalue weighted by Crippen LogP contribution is 2.27. The first-order valence-corrected chi connectivity index (χ1v) is 6.67. The van der Waals surface area contributed by atoms with Crippen LogP contribution in [-0.4, -0.2) is 11.1 Å². The summed E-state index contributed by atoms with van der Waals surface area (Å²) in [6.07, 6.45) is 0. The monoisotopic (exact) mass is 296 g/mol. The number of aromatic hydroxyl groups is 1. The van der Waals surface area contributed by atoms with Crippen LogP contribution in [0.2, 0.25) is 0 Å². The van der Waals surface area contributed by atoms with Crippen LogP contribution in [0.25, 0.3) is 10.8 Å². The van der Waals surface area contributed by atoms with E-state index in [0.29, 0.717) is 11.4 Å². The van der Waals surface area contributed by atoms with Gasteiger partial charge in [-0.3, -0.25) is 0 Å². The number of benzene rings is 3. The third kappa shape index (κ3) is 2.98. The Labute approximate surface area is 126 Å². The minimum Gasteiger partial charge on any atom is -0.508 e. The lowest BCUT2D eigenvalue weighted by Crippen LogP contribution is -2.19. The Morgan fingerprint density at radius 1 is 0.955 bits per heavy atom. The van der Waals surface area contributed by atoms with Crippen LogP contribution in [0.1, 0.15) is 0 Å². The summed E-state index contributed by atoms with van der Waals surface area (Å²) in [5.41, 5.74) is 0.919. The van der Waals surface area contributed by atoms with Crippen molar-refractivity contribution in [1.82, 2.24) is 0 Å². The number of hydrogen-bond donors (Lipinski definition) is 3. The van der Waals surface area contributed by atoms with Crippen molar-refractivity contribution in [3.05, 3.63) is 66.5 Å². The molecule has 0 aromatic heterocycles. The molecule has 5 heteroatoms. The van der Waals surface area contributed by atoms with Gasteiger partial charge in [0.25, 0.3) is 0 Å². The molecule has 0 heterocycles. The number of nitrogens with one attached hydrogen (secondary N) is 2. The van der Waals surface area contributed by atoms with E-state index in [4.69, 9.17) is 0 Å². The topological polar surface area (TPSA) is 61.4 Å². The summed E-state index contributed by atoms with van der Waals surface area (Å²) >= 11 is 0. The van der Waals surface area contributed by atoms with Gasteiger partial charge in [-0.15, -0.1) is 0 Å². The molecule has 0 fully saturated rings. The molecular weight excluding hydrogens is 283 g/mol. The summed E-state index contributed by atoms with van der Waals surface area (Å²) in [5.74, 6) is -0.305.